The number of halogens is 1. The largest absolute Gasteiger partial charge is 0.351 e. The number of aryl methyl sites for hydroxylation is 2. The number of pyridine rings is 1. The van der Waals surface area contributed by atoms with Crippen LogP contribution in [0, 0.1) is 13.8 Å². The number of rotatable bonds is 7. The third-order valence-corrected chi connectivity index (χ3v) is 5.30. The van der Waals surface area contributed by atoms with Gasteiger partial charge in [0.2, 0.25) is 5.91 Å². The number of hydrogen-bond donors (Lipinski definition) is 3. The molecule has 0 spiro atoms. The van der Waals surface area contributed by atoms with Crippen molar-refractivity contribution in [1.82, 2.24) is 10.3 Å². The third-order valence-electron chi connectivity index (χ3n) is 4.81. The van der Waals surface area contributed by atoms with Gasteiger partial charge in [0.15, 0.2) is 0 Å². The molecule has 164 valence electrons. The van der Waals surface area contributed by atoms with Crippen molar-refractivity contribution in [2.24, 2.45) is 0 Å². The summed E-state index contributed by atoms with van der Waals surface area (Å²) in [5.41, 5.74) is 3.61. The van der Waals surface area contributed by atoms with Crippen LogP contribution in [0.15, 0.2) is 65.4 Å². The van der Waals surface area contributed by atoms with Crippen LogP contribution in [0.4, 0.5) is 11.4 Å². The zero-order chi connectivity index (χ0) is 23.1. The lowest BCUT2D eigenvalue weighted by Crippen LogP contribution is -2.29. The van der Waals surface area contributed by atoms with E-state index in [0.717, 1.165) is 21.3 Å². The van der Waals surface area contributed by atoms with Crippen molar-refractivity contribution in [3.8, 4) is 0 Å². The number of aromatic nitrogens is 1. The molecule has 0 saturated heterocycles. The lowest BCUT2D eigenvalue weighted by Gasteiger charge is -2.14. The maximum absolute atomic E-state index is 12.8. The average Bonchev–Trinajstić information content (AvgIpc) is 2.78. The Morgan fingerprint density at radius 1 is 0.906 bits per heavy atom. The molecule has 3 rings (SSSR count). The smallest absolute Gasteiger partial charge is 0.255 e. The van der Waals surface area contributed by atoms with Crippen LogP contribution in [0.3, 0.4) is 0 Å². The number of hydrogen-bond acceptors (Lipinski definition) is 4. The van der Waals surface area contributed by atoms with Crippen LogP contribution in [-0.4, -0.2) is 29.3 Å². The highest BCUT2D eigenvalue weighted by Gasteiger charge is 2.16. The SMILES string of the molecule is Cc1ccc(Br)cc1NC(=O)CCNC(=O)c1cccc(C)c1NC(=O)c1ccncc1. The van der Waals surface area contributed by atoms with Gasteiger partial charge in [0.1, 0.15) is 0 Å². The van der Waals surface area contributed by atoms with Crippen molar-refractivity contribution in [2.75, 3.05) is 17.2 Å². The Hall–Kier alpha value is -3.52. The number of carbonyl (C=O) groups excluding carboxylic acids is 3. The lowest BCUT2D eigenvalue weighted by atomic mass is 10.1. The van der Waals surface area contributed by atoms with Crippen LogP contribution in [0.2, 0.25) is 0 Å². The van der Waals surface area contributed by atoms with Crippen molar-refractivity contribution < 1.29 is 14.4 Å². The van der Waals surface area contributed by atoms with Gasteiger partial charge >= 0.3 is 0 Å². The minimum absolute atomic E-state index is 0.113. The van der Waals surface area contributed by atoms with Gasteiger partial charge in [0, 0.05) is 41.1 Å². The van der Waals surface area contributed by atoms with Crippen LogP contribution in [0.5, 0.6) is 0 Å². The van der Waals surface area contributed by atoms with Gasteiger partial charge in [-0.25, -0.2) is 0 Å². The molecule has 2 aromatic carbocycles. The van der Waals surface area contributed by atoms with E-state index in [9.17, 15) is 14.4 Å². The van der Waals surface area contributed by atoms with E-state index in [4.69, 9.17) is 0 Å². The molecule has 3 amide bonds. The molecule has 0 saturated carbocycles. The summed E-state index contributed by atoms with van der Waals surface area (Å²) in [5.74, 6) is -0.911. The molecule has 0 aliphatic heterocycles. The standard InChI is InChI=1S/C24H23BrN4O3/c1-15-6-7-18(25)14-20(15)28-21(30)10-13-27-24(32)19-5-3-4-16(2)22(19)29-23(31)17-8-11-26-12-9-17/h3-9,11-12,14H,10,13H2,1-2H3,(H,27,32)(H,28,30)(H,29,31). The molecule has 3 N–H and O–H groups in total. The minimum atomic E-state index is -0.370. The van der Waals surface area contributed by atoms with Crippen molar-refractivity contribution >= 4 is 45.0 Å². The molecule has 0 fully saturated rings. The molecule has 3 aromatic rings. The third kappa shape index (κ3) is 6.01. The average molecular weight is 495 g/mol. The van der Waals surface area contributed by atoms with Crippen molar-refractivity contribution in [2.45, 2.75) is 20.3 Å². The number of benzene rings is 2. The van der Waals surface area contributed by atoms with E-state index in [1.165, 1.54) is 12.4 Å². The van der Waals surface area contributed by atoms with E-state index >= 15 is 0 Å². The van der Waals surface area contributed by atoms with Gasteiger partial charge in [-0.15, -0.1) is 0 Å². The van der Waals surface area contributed by atoms with Gasteiger partial charge in [0.05, 0.1) is 11.3 Å². The second kappa shape index (κ2) is 10.7. The van der Waals surface area contributed by atoms with E-state index in [1.54, 1.807) is 24.3 Å². The fourth-order valence-electron chi connectivity index (χ4n) is 3.04. The predicted molar refractivity (Wildman–Crippen MR) is 128 cm³/mol. The number of carbonyl (C=O) groups is 3. The Kier molecular flexibility index (Phi) is 7.72. The Balaban J connectivity index is 1.61. The normalized spacial score (nSPS) is 10.3. The van der Waals surface area contributed by atoms with Crippen molar-refractivity contribution in [1.29, 1.82) is 0 Å². The minimum Gasteiger partial charge on any atom is -0.351 e. The summed E-state index contributed by atoms with van der Waals surface area (Å²) in [6.45, 7) is 3.87. The molecule has 0 unspecified atom stereocenters. The fraction of sp³-hybridized carbons (Fsp3) is 0.167. The van der Waals surface area contributed by atoms with Gasteiger partial charge in [-0.1, -0.05) is 34.1 Å². The Labute approximate surface area is 194 Å². The van der Waals surface area contributed by atoms with E-state index in [-0.39, 0.29) is 30.7 Å². The van der Waals surface area contributed by atoms with Gasteiger partial charge < -0.3 is 16.0 Å². The fourth-order valence-corrected chi connectivity index (χ4v) is 3.40. The molecule has 0 aliphatic carbocycles. The van der Waals surface area contributed by atoms with Gasteiger partial charge in [-0.05, 0) is 55.3 Å². The summed E-state index contributed by atoms with van der Waals surface area (Å²) in [6, 6.07) is 14.0. The number of nitrogens with zero attached hydrogens (tertiary/aromatic N) is 1. The lowest BCUT2D eigenvalue weighted by molar-refractivity contribution is -0.116. The molecule has 7 nitrogen and oxygen atoms in total. The summed E-state index contributed by atoms with van der Waals surface area (Å²) in [7, 11) is 0. The molecule has 1 aromatic heterocycles. The predicted octanol–water partition coefficient (Wildman–Crippen LogP) is 4.47. The molecule has 32 heavy (non-hydrogen) atoms. The first-order chi connectivity index (χ1) is 15.3. The van der Waals surface area contributed by atoms with Gasteiger partial charge in [0.25, 0.3) is 11.8 Å². The van der Waals surface area contributed by atoms with E-state index in [0.29, 0.717) is 16.8 Å². The van der Waals surface area contributed by atoms with E-state index in [1.807, 2.05) is 38.1 Å². The molecule has 8 heteroatoms. The van der Waals surface area contributed by atoms with E-state index in [2.05, 4.69) is 36.9 Å². The topological polar surface area (TPSA) is 100 Å². The summed E-state index contributed by atoms with van der Waals surface area (Å²) >= 11 is 3.39. The Morgan fingerprint density at radius 2 is 1.66 bits per heavy atom. The highest BCUT2D eigenvalue weighted by atomic mass is 79.9. The van der Waals surface area contributed by atoms with Crippen LogP contribution < -0.4 is 16.0 Å². The maximum Gasteiger partial charge on any atom is 0.255 e. The number of nitrogens with one attached hydrogen (secondary N) is 3. The molecular formula is C24H23BrN4O3. The Morgan fingerprint density at radius 3 is 2.41 bits per heavy atom. The first-order valence-electron chi connectivity index (χ1n) is 10.0. The first kappa shape index (κ1) is 23.1. The molecular weight excluding hydrogens is 472 g/mol. The van der Waals surface area contributed by atoms with Crippen molar-refractivity contribution in [3.05, 3.63) is 87.7 Å². The maximum atomic E-state index is 12.8. The summed E-state index contributed by atoms with van der Waals surface area (Å²) in [6.07, 6.45) is 3.17. The molecule has 0 aliphatic rings. The second-order valence-electron chi connectivity index (χ2n) is 7.20. The van der Waals surface area contributed by atoms with Crippen LogP contribution in [0.25, 0.3) is 0 Å². The van der Waals surface area contributed by atoms with Gasteiger partial charge in [-0.2, -0.15) is 0 Å². The van der Waals surface area contributed by atoms with Crippen LogP contribution >= 0.6 is 15.9 Å². The van der Waals surface area contributed by atoms with E-state index < -0.39 is 0 Å². The van der Waals surface area contributed by atoms with Crippen molar-refractivity contribution in [3.63, 3.8) is 0 Å². The second-order valence-corrected chi connectivity index (χ2v) is 8.12. The van der Waals surface area contributed by atoms with Crippen LogP contribution in [-0.2, 0) is 4.79 Å². The quantitative estimate of drug-likeness (QED) is 0.450. The van der Waals surface area contributed by atoms with Crippen LogP contribution in [0.1, 0.15) is 38.3 Å². The highest BCUT2D eigenvalue weighted by Crippen LogP contribution is 2.22. The van der Waals surface area contributed by atoms with Gasteiger partial charge in [-0.3, -0.25) is 19.4 Å². The molecule has 1 heterocycles. The summed E-state index contributed by atoms with van der Waals surface area (Å²) < 4.78 is 0.868. The monoisotopic (exact) mass is 494 g/mol. The molecule has 0 radical (unpaired) electrons. The number of para-hydroxylation sites is 1. The Bertz CT molecular complexity index is 1150. The number of anilines is 2. The number of amides is 3. The zero-order valence-electron chi connectivity index (χ0n) is 17.7. The summed E-state index contributed by atoms with van der Waals surface area (Å²) in [5, 5.41) is 8.41. The first-order valence-corrected chi connectivity index (χ1v) is 10.8. The zero-order valence-corrected chi connectivity index (χ0v) is 19.3. The highest BCUT2D eigenvalue weighted by molar-refractivity contribution is 9.10. The molecule has 0 bridgehead atoms. The summed E-state index contributed by atoms with van der Waals surface area (Å²) in [4.78, 5) is 41.5. The molecule has 0 atom stereocenters.